The molecule has 1 rings (SSSR count). The zero-order valence-electron chi connectivity index (χ0n) is 15.3. The van der Waals surface area contributed by atoms with E-state index < -0.39 is 11.7 Å². The van der Waals surface area contributed by atoms with E-state index in [0.29, 0.717) is 24.8 Å². The summed E-state index contributed by atoms with van der Waals surface area (Å²) in [5.41, 5.74) is 6.15. The first-order chi connectivity index (χ1) is 11.3. The molecule has 0 aliphatic carbocycles. The number of hydrogen-bond donors (Lipinski definition) is 3. The molecule has 0 aromatic heterocycles. The average Bonchev–Trinajstić information content (AvgIpc) is 2.49. The average molecular weight is 464 g/mol. The molecule has 4 N–H and O–H groups in total. The van der Waals surface area contributed by atoms with Crippen molar-refractivity contribution in [1.82, 2.24) is 5.32 Å². The van der Waals surface area contributed by atoms with Crippen molar-refractivity contribution in [3.8, 4) is 5.75 Å². The van der Waals surface area contributed by atoms with E-state index in [1.807, 2.05) is 45.0 Å². The van der Waals surface area contributed by atoms with Crippen molar-refractivity contribution in [3.05, 3.63) is 24.3 Å². The number of aliphatic imine (C=N–C) groups is 1. The summed E-state index contributed by atoms with van der Waals surface area (Å²) >= 11 is 0. The predicted molar refractivity (Wildman–Crippen MR) is 112 cm³/mol. The largest absolute Gasteiger partial charge is 0.495 e. The lowest BCUT2D eigenvalue weighted by Crippen LogP contribution is -2.33. The number of benzene rings is 1. The normalized spacial score (nSPS) is 11.3. The van der Waals surface area contributed by atoms with E-state index in [9.17, 15) is 4.79 Å². The molecule has 8 heteroatoms. The number of carbonyl (C=O) groups excluding carboxylic acids is 1. The fourth-order valence-corrected chi connectivity index (χ4v) is 1.87. The lowest BCUT2D eigenvalue weighted by atomic mass is 10.2. The molecular weight excluding hydrogens is 435 g/mol. The molecule has 1 amide bonds. The second-order valence-electron chi connectivity index (χ2n) is 6.23. The van der Waals surface area contributed by atoms with Gasteiger partial charge in [0.1, 0.15) is 11.4 Å². The SMILES string of the molecule is COc1ccccc1NC(N)=NCCCCNC(=O)OC(C)(C)C.I. The summed E-state index contributed by atoms with van der Waals surface area (Å²) in [6, 6.07) is 7.49. The maximum atomic E-state index is 11.5. The number of para-hydroxylation sites is 2. The van der Waals surface area contributed by atoms with Gasteiger partial charge < -0.3 is 25.8 Å². The number of alkyl carbamates (subject to hydrolysis) is 1. The van der Waals surface area contributed by atoms with Gasteiger partial charge in [-0.1, -0.05) is 12.1 Å². The van der Waals surface area contributed by atoms with Crippen molar-refractivity contribution in [2.24, 2.45) is 10.7 Å². The maximum absolute atomic E-state index is 11.5. The van der Waals surface area contributed by atoms with Crippen molar-refractivity contribution in [2.45, 2.75) is 39.2 Å². The molecule has 142 valence electrons. The van der Waals surface area contributed by atoms with Crippen molar-refractivity contribution in [3.63, 3.8) is 0 Å². The van der Waals surface area contributed by atoms with Crippen molar-refractivity contribution in [1.29, 1.82) is 0 Å². The zero-order valence-corrected chi connectivity index (χ0v) is 17.6. The van der Waals surface area contributed by atoms with Gasteiger partial charge in [0.25, 0.3) is 0 Å². The maximum Gasteiger partial charge on any atom is 0.407 e. The summed E-state index contributed by atoms with van der Waals surface area (Å²) in [5, 5.41) is 5.72. The predicted octanol–water partition coefficient (Wildman–Crippen LogP) is 3.34. The van der Waals surface area contributed by atoms with Crippen molar-refractivity contribution in [2.75, 3.05) is 25.5 Å². The van der Waals surface area contributed by atoms with Gasteiger partial charge in [-0.2, -0.15) is 0 Å². The highest BCUT2D eigenvalue weighted by atomic mass is 127. The quantitative estimate of drug-likeness (QED) is 0.249. The van der Waals surface area contributed by atoms with E-state index in [1.54, 1.807) is 7.11 Å². The molecular formula is C17H29IN4O3. The van der Waals surface area contributed by atoms with Crippen LogP contribution in [-0.2, 0) is 4.74 Å². The van der Waals surface area contributed by atoms with Gasteiger partial charge in [0.2, 0.25) is 0 Å². The molecule has 0 spiro atoms. The first kappa shape index (κ1) is 23.3. The number of methoxy groups -OCH3 is 1. The van der Waals surface area contributed by atoms with Crippen LogP contribution >= 0.6 is 24.0 Å². The van der Waals surface area contributed by atoms with Gasteiger partial charge in [-0.25, -0.2) is 4.79 Å². The van der Waals surface area contributed by atoms with Gasteiger partial charge in [-0.3, -0.25) is 4.99 Å². The number of hydrogen-bond acceptors (Lipinski definition) is 4. The Kier molecular flexibility index (Phi) is 11.0. The third-order valence-electron chi connectivity index (χ3n) is 2.90. The first-order valence-electron chi connectivity index (χ1n) is 7.98. The van der Waals surface area contributed by atoms with Crippen LogP contribution in [-0.4, -0.2) is 37.9 Å². The standard InChI is InChI=1S/C17H28N4O3.HI/c1-17(2,3)24-16(22)20-12-8-7-11-19-15(18)21-13-9-5-6-10-14(13)23-4;/h5-6,9-10H,7-8,11-12H2,1-4H3,(H,20,22)(H3,18,19,21);1H. The minimum Gasteiger partial charge on any atom is -0.495 e. The smallest absolute Gasteiger partial charge is 0.407 e. The lowest BCUT2D eigenvalue weighted by molar-refractivity contribution is 0.0527. The molecule has 0 fully saturated rings. The van der Waals surface area contributed by atoms with E-state index >= 15 is 0 Å². The summed E-state index contributed by atoms with van der Waals surface area (Å²) in [6.45, 7) is 6.62. The minimum atomic E-state index is -0.479. The summed E-state index contributed by atoms with van der Waals surface area (Å²) in [4.78, 5) is 15.7. The molecule has 25 heavy (non-hydrogen) atoms. The number of nitrogens with two attached hydrogens (primary N) is 1. The van der Waals surface area contributed by atoms with Gasteiger partial charge >= 0.3 is 6.09 Å². The van der Waals surface area contributed by atoms with Crippen LogP contribution in [0.3, 0.4) is 0 Å². The van der Waals surface area contributed by atoms with E-state index in [4.69, 9.17) is 15.2 Å². The Morgan fingerprint density at radius 2 is 1.92 bits per heavy atom. The molecule has 0 heterocycles. The molecule has 7 nitrogen and oxygen atoms in total. The van der Waals surface area contributed by atoms with Crippen LogP contribution < -0.4 is 21.1 Å². The van der Waals surface area contributed by atoms with E-state index in [2.05, 4.69) is 15.6 Å². The monoisotopic (exact) mass is 464 g/mol. The number of unbranched alkanes of at least 4 members (excludes halogenated alkanes) is 1. The molecule has 1 aromatic carbocycles. The molecule has 0 atom stereocenters. The van der Waals surface area contributed by atoms with Gasteiger partial charge in [0.05, 0.1) is 12.8 Å². The number of guanidine groups is 1. The number of nitrogens with one attached hydrogen (secondary N) is 2. The van der Waals surface area contributed by atoms with E-state index in [0.717, 1.165) is 18.5 Å². The Morgan fingerprint density at radius 1 is 1.24 bits per heavy atom. The van der Waals surface area contributed by atoms with Crippen molar-refractivity contribution < 1.29 is 14.3 Å². The molecule has 0 aliphatic rings. The van der Waals surface area contributed by atoms with E-state index in [1.165, 1.54) is 0 Å². The zero-order chi connectivity index (χ0) is 18.0. The van der Waals surface area contributed by atoms with Crippen LogP contribution in [0.1, 0.15) is 33.6 Å². The molecule has 0 saturated carbocycles. The molecule has 0 aliphatic heterocycles. The van der Waals surface area contributed by atoms with Crippen LogP contribution in [0.5, 0.6) is 5.75 Å². The van der Waals surface area contributed by atoms with Crippen LogP contribution in [0.25, 0.3) is 0 Å². The number of nitrogens with zero attached hydrogens (tertiary/aromatic N) is 1. The molecule has 0 unspecified atom stereocenters. The van der Waals surface area contributed by atoms with Crippen LogP contribution in [0, 0.1) is 0 Å². The van der Waals surface area contributed by atoms with Gasteiger partial charge in [0, 0.05) is 13.1 Å². The second-order valence-corrected chi connectivity index (χ2v) is 6.23. The van der Waals surface area contributed by atoms with Crippen molar-refractivity contribution >= 4 is 41.7 Å². The summed E-state index contributed by atoms with van der Waals surface area (Å²) in [7, 11) is 1.60. The number of amides is 1. The van der Waals surface area contributed by atoms with Crippen LogP contribution in [0.15, 0.2) is 29.3 Å². The van der Waals surface area contributed by atoms with Gasteiger partial charge in [0.15, 0.2) is 5.96 Å². The minimum absolute atomic E-state index is 0. The Morgan fingerprint density at radius 3 is 2.56 bits per heavy atom. The Bertz CT molecular complexity index is 559. The van der Waals surface area contributed by atoms with Crippen LogP contribution in [0.4, 0.5) is 10.5 Å². The fraction of sp³-hybridized carbons (Fsp3) is 0.529. The molecule has 0 radical (unpaired) electrons. The number of rotatable bonds is 7. The summed E-state index contributed by atoms with van der Waals surface area (Å²) in [5.74, 6) is 1.04. The highest BCUT2D eigenvalue weighted by Gasteiger charge is 2.15. The Balaban J connectivity index is 0.00000576. The van der Waals surface area contributed by atoms with Crippen LogP contribution in [0.2, 0.25) is 0 Å². The van der Waals surface area contributed by atoms with Gasteiger partial charge in [-0.15, -0.1) is 24.0 Å². The Labute approximate surface area is 166 Å². The number of anilines is 1. The highest BCUT2D eigenvalue weighted by molar-refractivity contribution is 14.0. The lowest BCUT2D eigenvalue weighted by Gasteiger charge is -2.19. The Hall–Kier alpha value is -1.71. The third-order valence-corrected chi connectivity index (χ3v) is 2.90. The molecule has 0 bridgehead atoms. The third kappa shape index (κ3) is 10.7. The van der Waals surface area contributed by atoms with E-state index in [-0.39, 0.29) is 24.0 Å². The molecule has 1 aromatic rings. The summed E-state index contributed by atoms with van der Waals surface area (Å²) in [6.07, 6.45) is 1.21. The second kappa shape index (κ2) is 11.8. The number of ether oxygens (including phenoxy) is 2. The molecule has 0 saturated heterocycles. The first-order valence-corrected chi connectivity index (χ1v) is 7.98. The number of carbonyl (C=O) groups is 1. The number of halogens is 1. The topological polar surface area (TPSA) is 98.0 Å². The highest BCUT2D eigenvalue weighted by Crippen LogP contribution is 2.22. The van der Waals surface area contributed by atoms with Gasteiger partial charge in [-0.05, 0) is 45.7 Å². The summed E-state index contributed by atoms with van der Waals surface area (Å²) < 4.78 is 10.4. The fourth-order valence-electron chi connectivity index (χ4n) is 1.87.